The molecule has 0 aliphatic carbocycles. The summed E-state index contributed by atoms with van der Waals surface area (Å²) in [5, 5.41) is 0. The third-order valence-electron chi connectivity index (χ3n) is 5.01. The van der Waals surface area contributed by atoms with Crippen LogP contribution in [0.2, 0.25) is 0 Å². The zero-order valence-electron chi connectivity index (χ0n) is 17.5. The topological polar surface area (TPSA) is 9.23 Å². The molecule has 1 atom stereocenters. The molecular weight excluding hydrogens is 280 g/mol. The second kappa shape index (κ2) is 7.45. The average molecular weight is 321 g/mol. The summed E-state index contributed by atoms with van der Waals surface area (Å²) in [6.07, 6.45) is 1.14. The summed E-state index contributed by atoms with van der Waals surface area (Å²) in [6.45, 7) is 25.5. The maximum absolute atomic E-state index is 6.69. The molecule has 0 saturated heterocycles. The van der Waals surface area contributed by atoms with Gasteiger partial charge in [0.15, 0.2) is 0 Å². The van der Waals surface area contributed by atoms with E-state index < -0.39 is 0 Å². The summed E-state index contributed by atoms with van der Waals surface area (Å²) in [6, 6.07) is 0. The predicted octanol–water partition coefficient (Wildman–Crippen LogP) is 7.20. The van der Waals surface area contributed by atoms with Gasteiger partial charge in [0.25, 0.3) is 0 Å². The molecule has 0 bridgehead atoms. The minimum atomic E-state index is 0.154. The Balaban J connectivity index is 3.62. The van der Waals surface area contributed by atoms with Crippen LogP contribution in [-0.2, 0) is 4.74 Å². The third-order valence-corrected chi connectivity index (χ3v) is 5.01. The summed E-state index contributed by atoms with van der Waals surface area (Å²) < 4.78 is 6.69. The zero-order chi connectivity index (χ0) is 18.1. The molecule has 1 rings (SSSR count). The summed E-state index contributed by atoms with van der Waals surface area (Å²) >= 11 is 0. The van der Waals surface area contributed by atoms with Crippen molar-refractivity contribution in [2.24, 2.45) is 35.0 Å². The Morgan fingerprint density at radius 1 is 0.783 bits per heavy atom. The third kappa shape index (κ3) is 4.64. The van der Waals surface area contributed by atoms with Crippen molar-refractivity contribution in [1.82, 2.24) is 0 Å². The van der Waals surface area contributed by atoms with Crippen molar-refractivity contribution in [1.29, 1.82) is 0 Å². The number of hydrogen-bond donors (Lipinski definition) is 0. The van der Waals surface area contributed by atoms with E-state index in [1.165, 1.54) is 17.1 Å². The molecule has 0 amide bonds. The first-order valence-corrected chi connectivity index (χ1v) is 9.53. The Bertz CT molecular complexity index is 467. The Morgan fingerprint density at radius 2 is 1.26 bits per heavy atom. The summed E-state index contributed by atoms with van der Waals surface area (Å²) in [5.41, 5.74) is 3.22. The highest BCUT2D eigenvalue weighted by atomic mass is 16.5. The van der Waals surface area contributed by atoms with E-state index in [1.54, 1.807) is 5.57 Å². The Labute approximate surface area is 145 Å². The predicted molar refractivity (Wildman–Crippen MR) is 102 cm³/mol. The Hall–Kier alpha value is -0.720. The van der Waals surface area contributed by atoms with E-state index >= 15 is 0 Å². The average Bonchev–Trinajstić information content (AvgIpc) is 2.54. The highest BCUT2D eigenvalue weighted by Crippen LogP contribution is 2.46. The van der Waals surface area contributed by atoms with Crippen LogP contribution in [0.25, 0.3) is 0 Å². The van der Waals surface area contributed by atoms with Gasteiger partial charge in [-0.3, -0.25) is 0 Å². The van der Waals surface area contributed by atoms with Crippen molar-refractivity contribution in [2.75, 3.05) is 0 Å². The summed E-state index contributed by atoms with van der Waals surface area (Å²) in [4.78, 5) is 0. The molecule has 0 spiro atoms. The summed E-state index contributed by atoms with van der Waals surface area (Å²) in [7, 11) is 0. The highest BCUT2D eigenvalue weighted by Gasteiger charge is 2.36. The molecular formula is C22H40O. The van der Waals surface area contributed by atoms with Crippen LogP contribution in [0.1, 0.15) is 82.6 Å². The van der Waals surface area contributed by atoms with Crippen LogP contribution in [0.3, 0.4) is 0 Å². The molecule has 134 valence electrons. The smallest absolute Gasteiger partial charge is 0.106 e. The first-order valence-electron chi connectivity index (χ1n) is 9.53. The van der Waals surface area contributed by atoms with Gasteiger partial charge in [0.05, 0.1) is 0 Å². The van der Waals surface area contributed by atoms with E-state index in [-0.39, 0.29) is 5.41 Å². The van der Waals surface area contributed by atoms with Crippen LogP contribution in [-0.4, -0.2) is 0 Å². The Morgan fingerprint density at radius 3 is 1.57 bits per heavy atom. The monoisotopic (exact) mass is 320 g/mol. The van der Waals surface area contributed by atoms with Gasteiger partial charge in [0.1, 0.15) is 11.5 Å². The number of allylic oxidation sites excluding steroid dienone is 4. The molecule has 0 aromatic carbocycles. The molecule has 0 fully saturated rings. The number of rotatable bonds is 4. The van der Waals surface area contributed by atoms with Crippen molar-refractivity contribution in [2.45, 2.75) is 82.6 Å². The molecule has 1 heteroatoms. The van der Waals surface area contributed by atoms with Gasteiger partial charge in [0.2, 0.25) is 0 Å². The quantitative estimate of drug-likeness (QED) is 0.532. The lowest BCUT2D eigenvalue weighted by atomic mass is 9.72. The fraction of sp³-hybridized carbons (Fsp3) is 0.818. The molecule has 1 nitrogen and oxygen atoms in total. The van der Waals surface area contributed by atoms with E-state index in [2.05, 4.69) is 76.2 Å². The van der Waals surface area contributed by atoms with E-state index in [1.807, 2.05) is 0 Å². The van der Waals surface area contributed by atoms with Gasteiger partial charge in [-0.2, -0.15) is 0 Å². The van der Waals surface area contributed by atoms with Crippen LogP contribution in [0.4, 0.5) is 0 Å². The van der Waals surface area contributed by atoms with Crippen LogP contribution in [0, 0.1) is 35.0 Å². The van der Waals surface area contributed by atoms with E-state index in [9.17, 15) is 0 Å². The minimum absolute atomic E-state index is 0.154. The molecule has 0 aromatic heterocycles. The molecule has 1 unspecified atom stereocenters. The van der Waals surface area contributed by atoms with E-state index in [0.29, 0.717) is 29.6 Å². The second-order valence-corrected chi connectivity index (χ2v) is 9.53. The fourth-order valence-corrected chi connectivity index (χ4v) is 3.75. The molecule has 1 aliphatic heterocycles. The van der Waals surface area contributed by atoms with Gasteiger partial charge >= 0.3 is 0 Å². The van der Waals surface area contributed by atoms with Crippen molar-refractivity contribution < 1.29 is 4.74 Å². The lowest BCUT2D eigenvalue weighted by Gasteiger charge is -2.31. The van der Waals surface area contributed by atoms with Gasteiger partial charge < -0.3 is 4.74 Å². The number of ether oxygens (including phenoxy) is 1. The van der Waals surface area contributed by atoms with E-state index in [0.717, 1.165) is 6.42 Å². The highest BCUT2D eigenvalue weighted by molar-refractivity contribution is 5.29. The maximum Gasteiger partial charge on any atom is 0.106 e. The zero-order valence-corrected chi connectivity index (χ0v) is 17.5. The van der Waals surface area contributed by atoms with Crippen LogP contribution in [0.5, 0.6) is 0 Å². The van der Waals surface area contributed by atoms with Crippen LogP contribution >= 0.6 is 0 Å². The molecule has 1 heterocycles. The van der Waals surface area contributed by atoms with Gasteiger partial charge in [-0.1, -0.05) is 76.2 Å². The lowest BCUT2D eigenvalue weighted by Crippen LogP contribution is -2.21. The number of hydrogen-bond acceptors (Lipinski definition) is 1. The second-order valence-electron chi connectivity index (χ2n) is 9.53. The van der Waals surface area contributed by atoms with Gasteiger partial charge in [-0.05, 0) is 40.7 Å². The van der Waals surface area contributed by atoms with Gasteiger partial charge in [-0.25, -0.2) is 0 Å². The van der Waals surface area contributed by atoms with Crippen molar-refractivity contribution in [3.05, 3.63) is 22.7 Å². The maximum atomic E-state index is 6.69. The fourth-order valence-electron chi connectivity index (χ4n) is 3.75. The Kier molecular flexibility index (Phi) is 6.58. The molecule has 23 heavy (non-hydrogen) atoms. The lowest BCUT2D eigenvalue weighted by molar-refractivity contribution is 0.217. The minimum Gasteiger partial charge on any atom is -0.466 e. The standard InChI is InChI=1S/C22H40O/c1-13(2)17-12-18(22(9,10)11)20(15(5)6)23-21(16(7)8)19(17)14(3)4/h13-17H,12H2,1-11H3. The van der Waals surface area contributed by atoms with Crippen molar-refractivity contribution >= 4 is 0 Å². The SMILES string of the molecule is CC(C)C1=C(C(C)C)C(C(C)C)CC(C(C)(C)C)=C(C(C)C)O1. The molecule has 1 aliphatic rings. The summed E-state index contributed by atoms with van der Waals surface area (Å²) in [5.74, 6) is 5.07. The van der Waals surface area contributed by atoms with Crippen LogP contribution in [0.15, 0.2) is 22.7 Å². The first-order chi connectivity index (χ1) is 10.4. The van der Waals surface area contributed by atoms with Crippen LogP contribution < -0.4 is 0 Å². The van der Waals surface area contributed by atoms with E-state index in [4.69, 9.17) is 4.74 Å². The molecule has 0 N–H and O–H groups in total. The van der Waals surface area contributed by atoms with Crippen molar-refractivity contribution in [3.8, 4) is 0 Å². The molecule has 0 radical (unpaired) electrons. The van der Waals surface area contributed by atoms with Gasteiger partial charge in [-0.15, -0.1) is 0 Å². The first kappa shape index (κ1) is 20.3. The molecule has 0 saturated carbocycles. The normalized spacial score (nSPS) is 20.9. The largest absolute Gasteiger partial charge is 0.466 e. The molecule has 0 aromatic rings. The van der Waals surface area contributed by atoms with Crippen molar-refractivity contribution in [3.63, 3.8) is 0 Å². The van der Waals surface area contributed by atoms with Gasteiger partial charge in [0, 0.05) is 11.8 Å².